The number of rotatable bonds is 8. The number of carbonyl (C=O) groups is 2. The number of nitrogens with two attached hydrogens (primary N) is 1. The van der Waals surface area contributed by atoms with E-state index in [1.165, 1.54) is 7.11 Å². The summed E-state index contributed by atoms with van der Waals surface area (Å²) in [5, 5.41) is 2.78. The molecule has 0 unspecified atom stereocenters. The van der Waals surface area contributed by atoms with Crippen LogP contribution in [-0.4, -0.2) is 25.5 Å². The number of halogens is 1. The van der Waals surface area contributed by atoms with E-state index in [2.05, 4.69) is 10.1 Å². The molecule has 118 valence electrons. The summed E-state index contributed by atoms with van der Waals surface area (Å²) in [6.45, 7) is 0.701. The number of methoxy groups -OCH3 is 1. The van der Waals surface area contributed by atoms with Gasteiger partial charge >= 0.3 is 5.97 Å². The minimum atomic E-state index is -0.414. The summed E-state index contributed by atoms with van der Waals surface area (Å²) in [5.41, 5.74) is 6.44. The van der Waals surface area contributed by atoms with E-state index >= 15 is 0 Å². The second-order valence-electron chi connectivity index (χ2n) is 4.57. The van der Waals surface area contributed by atoms with Crippen molar-refractivity contribution < 1.29 is 14.3 Å². The van der Waals surface area contributed by atoms with Crippen molar-refractivity contribution >= 4 is 30.0 Å². The molecule has 6 heteroatoms. The van der Waals surface area contributed by atoms with Crippen LogP contribution in [0.25, 0.3) is 0 Å². The molecule has 1 rings (SSSR count). The Balaban J connectivity index is 0.00000400. The summed E-state index contributed by atoms with van der Waals surface area (Å²) in [7, 11) is 1.33. The van der Waals surface area contributed by atoms with Crippen molar-refractivity contribution in [2.75, 3.05) is 19.0 Å². The summed E-state index contributed by atoms with van der Waals surface area (Å²) in [5.74, 6) is -0.456. The number of hydrogen-bond donors (Lipinski definition) is 2. The highest BCUT2D eigenvalue weighted by molar-refractivity contribution is 5.94. The lowest BCUT2D eigenvalue weighted by Gasteiger charge is -2.06. The molecule has 0 aliphatic heterocycles. The lowest BCUT2D eigenvalue weighted by molar-refractivity contribution is -0.116. The second kappa shape index (κ2) is 11.1. The van der Waals surface area contributed by atoms with E-state index in [0.29, 0.717) is 24.2 Å². The SMILES string of the molecule is COC(=O)c1cccc(NC(=O)CCCCCCN)c1.Cl. The van der Waals surface area contributed by atoms with Crippen molar-refractivity contribution in [2.24, 2.45) is 5.73 Å². The number of benzene rings is 1. The smallest absolute Gasteiger partial charge is 0.337 e. The number of unbranched alkanes of at least 4 members (excludes halogenated alkanes) is 3. The number of amides is 1. The highest BCUT2D eigenvalue weighted by Crippen LogP contribution is 2.12. The normalized spacial score (nSPS) is 9.62. The van der Waals surface area contributed by atoms with Gasteiger partial charge in [0, 0.05) is 12.1 Å². The highest BCUT2D eigenvalue weighted by Gasteiger charge is 2.07. The molecule has 5 nitrogen and oxygen atoms in total. The van der Waals surface area contributed by atoms with Crippen LogP contribution in [0.1, 0.15) is 42.5 Å². The van der Waals surface area contributed by atoms with Crippen LogP contribution in [0.5, 0.6) is 0 Å². The molecule has 0 spiro atoms. The summed E-state index contributed by atoms with van der Waals surface area (Å²) in [4.78, 5) is 23.1. The summed E-state index contributed by atoms with van der Waals surface area (Å²) in [6.07, 6.45) is 4.40. The second-order valence-corrected chi connectivity index (χ2v) is 4.57. The largest absolute Gasteiger partial charge is 0.465 e. The number of nitrogens with one attached hydrogen (secondary N) is 1. The molecule has 0 aliphatic carbocycles. The van der Waals surface area contributed by atoms with Gasteiger partial charge in [-0.15, -0.1) is 12.4 Å². The third kappa shape index (κ3) is 7.68. The topological polar surface area (TPSA) is 81.4 Å². The van der Waals surface area contributed by atoms with Crippen LogP contribution >= 0.6 is 12.4 Å². The Morgan fingerprint density at radius 1 is 1.19 bits per heavy atom. The number of esters is 1. The Labute approximate surface area is 131 Å². The molecule has 0 aromatic heterocycles. The zero-order valence-electron chi connectivity index (χ0n) is 12.3. The van der Waals surface area contributed by atoms with Gasteiger partial charge in [-0.1, -0.05) is 18.9 Å². The van der Waals surface area contributed by atoms with E-state index in [-0.39, 0.29) is 18.3 Å². The predicted octanol–water partition coefficient (Wildman–Crippen LogP) is 2.74. The average molecular weight is 315 g/mol. The van der Waals surface area contributed by atoms with Gasteiger partial charge < -0.3 is 15.8 Å². The first kappa shape index (κ1) is 19.4. The van der Waals surface area contributed by atoms with Crippen LogP contribution in [-0.2, 0) is 9.53 Å². The van der Waals surface area contributed by atoms with Crippen LogP contribution < -0.4 is 11.1 Å². The van der Waals surface area contributed by atoms with Gasteiger partial charge in [0.05, 0.1) is 12.7 Å². The van der Waals surface area contributed by atoms with Gasteiger partial charge in [0.1, 0.15) is 0 Å². The maximum absolute atomic E-state index is 11.7. The zero-order chi connectivity index (χ0) is 14.8. The van der Waals surface area contributed by atoms with Crippen molar-refractivity contribution in [3.63, 3.8) is 0 Å². The Morgan fingerprint density at radius 2 is 1.90 bits per heavy atom. The molecule has 0 radical (unpaired) electrons. The standard InChI is InChI=1S/C15H22N2O3.ClH/c1-20-15(19)12-7-6-8-13(11-12)17-14(18)9-4-2-3-5-10-16;/h6-8,11H,2-5,9-10,16H2,1H3,(H,17,18);1H. The summed E-state index contributed by atoms with van der Waals surface area (Å²) in [6, 6.07) is 6.72. The maximum atomic E-state index is 11.7. The van der Waals surface area contributed by atoms with E-state index in [0.717, 1.165) is 25.7 Å². The average Bonchev–Trinajstić information content (AvgIpc) is 2.46. The maximum Gasteiger partial charge on any atom is 0.337 e. The van der Waals surface area contributed by atoms with Crippen molar-refractivity contribution in [3.8, 4) is 0 Å². The van der Waals surface area contributed by atoms with Crippen molar-refractivity contribution in [2.45, 2.75) is 32.1 Å². The first-order chi connectivity index (χ1) is 9.67. The van der Waals surface area contributed by atoms with Gasteiger partial charge in [-0.25, -0.2) is 4.79 Å². The van der Waals surface area contributed by atoms with Gasteiger partial charge in [-0.3, -0.25) is 4.79 Å². The molecule has 1 amide bonds. The zero-order valence-corrected chi connectivity index (χ0v) is 13.1. The highest BCUT2D eigenvalue weighted by atomic mass is 35.5. The number of ether oxygens (including phenoxy) is 1. The Morgan fingerprint density at radius 3 is 2.57 bits per heavy atom. The van der Waals surface area contributed by atoms with Crippen molar-refractivity contribution in [1.82, 2.24) is 0 Å². The fourth-order valence-corrected chi connectivity index (χ4v) is 1.85. The molecular formula is C15H23ClN2O3. The minimum absolute atomic E-state index is 0. The third-order valence-electron chi connectivity index (χ3n) is 2.93. The Hall–Kier alpha value is -1.59. The number of hydrogen-bond acceptors (Lipinski definition) is 4. The Bertz CT molecular complexity index is 452. The Kier molecular flexibility index (Phi) is 10.3. The van der Waals surface area contributed by atoms with Crippen molar-refractivity contribution in [3.05, 3.63) is 29.8 Å². The van der Waals surface area contributed by atoms with E-state index in [1.807, 2.05) is 0 Å². The van der Waals surface area contributed by atoms with Crippen LogP contribution in [0.4, 0.5) is 5.69 Å². The monoisotopic (exact) mass is 314 g/mol. The van der Waals surface area contributed by atoms with E-state index in [9.17, 15) is 9.59 Å². The summed E-state index contributed by atoms with van der Waals surface area (Å²) < 4.78 is 4.64. The van der Waals surface area contributed by atoms with Crippen molar-refractivity contribution in [1.29, 1.82) is 0 Å². The molecule has 0 atom stereocenters. The minimum Gasteiger partial charge on any atom is -0.465 e. The van der Waals surface area contributed by atoms with Crippen LogP contribution in [0.3, 0.4) is 0 Å². The predicted molar refractivity (Wildman–Crippen MR) is 85.8 cm³/mol. The van der Waals surface area contributed by atoms with E-state index in [4.69, 9.17) is 5.73 Å². The lowest BCUT2D eigenvalue weighted by atomic mass is 10.1. The fourth-order valence-electron chi connectivity index (χ4n) is 1.85. The van der Waals surface area contributed by atoms with E-state index in [1.54, 1.807) is 24.3 Å². The van der Waals surface area contributed by atoms with Gasteiger partial charge in [0.25, 0.3) is 0 Å². The van der Waals surface area contributed by atoms with E-state index < -0.39 is 5.97 Å². The molecular weight excluding hydrogens is 292 g/mol. The first-order valence-corrected chi connectivity index (χ1v) is 6.85. The molecule has 21 heavy (non-hydrogen) atoms. The van der Waals surface area contributed by atoms with Gasteiger partial charge in [0.2, 0.25) is 5.91 Å². The molecule has 0 saturated heterocycles. The van der Waals surface area contributed by atoms with Crippen LogP contribution in [0.15, 0.2) is 24.3 Å². The van der Waals surface area contributed by atoms with Gasteiger partial charge in [-0.05, 0) is 37.6 Å². The molecule has 3 N–H and O–H groups in total. The third-order valence-corrected chi connectivity index (χ3v) is 2.93. The fraction of sp³-hybridized carbons (Fsp3) is 0.467. The molecule has 0 saturated carbocycles. The quantitative estimate of drug-likeness (QED) is 0.571. The molecule has 0 bridgehead atoms. The number of anilines is 1. The van der Waals surface area contributed by atoms with Crippen LogP contribution in [0, 0.1) is 0 Å². The molecule has 1 aromatic carbocycles. The molecule has 1 aromatic rings. The summed E-state index contributed by atoms with van der Waals surface area (Å²) >= 11 is 0. The van der Waals surface area contributed by atoms with Crippen LogP contribution in [0.2, 0.25) is 0 Å². The van der Waals surface area contributed by atoms with Gasteiger partial charge in [0.15, 0.2) is 0 Å². The first-order valence-electron chi connectivity index (χ1n) is 6.85. The molecule has 0 fully saturated rings. The van der Waals surface area contributed by atoms with Gasteiger partial charge in [-0.2, -0.15) is 0 Å². The number of carbonyl (C=O) groups excluding carboxylic acids is 2. The molecule has 0 aliphatic rings. The lowest BCUT2D eigenvalue weighted by Crippen LogP contribution is -2.12. The molecule has 0 heterocycles.